The van der Waals surface area contributed by atoms with Gasteiger partial charge in [-0.1, -0.05) is 26.0 Å². The standard InChI is InChI=1S/C25H35FN4O2/c1-25(2,18-9-10-22(31-4)23(15-18)32-5)17-28-24(27-3)29-20-11-13-30(14-12-20)21-8-6-7-19(26)16-21/h6-10,15-16,20H,11-14,17H2,1-5H3,(H2,27,28,29). The van der Waals surface area contributed by atoms with E-state index in [1.54, 1.807) is 33.4 Å². The quantitative estimate of drug-likeness (QED) is 0.502. The van der Waals surface area contributed by atoms with Gasteiger partial charge in [-0.2, -0.15) is 0 Å². The van der Waals surface area contributed by atoms with E-state index in [0.29, 0.717) is 12.6 Å². The van der Waals surface area contributed by atoms with Crippen molar-refractivity contribution in [1.29, 1.82) is 0 Å². The number of hydrogen-bond acceptors (Lipinski definition) is 4. The van der Waals surface area contributed by atoms with Gasteiger partial charge in [0.05, 0.1) is 14.2 Å². The van der Waals surface area contributed by atoms with Crippen LogP contribution in [0.1, 0.15) is 32.3 Å². The summed E-state index contributed by atoms with van der Waals surface area (Å²) in [4.78, 5) is 6.65. The average Bonchev–Trinajstić information content (AvgIpc) is 2.81. The number of nitrogens with zero attached hydrogens (tertiary/aromatic N) is 2. The van der Waals surface area contributed by atoms with Gasteiger partial charge in [-0.25, -0.2) is 4.39 Å². The number of methoxy groups -OCH3 is 2. The molecule has 1 aliphatic rings. The summed E-state index contributed by atoms with van der Waals surface area (Å²) in [6.45, 7) is 6.85. The molecule has 3 rings (SSSR count). The Balaban J connectivity index is 1.54. The molecule has 2 N–H and O–H groups in total. The smallest absolute Gasteiger partial charge is 0.191 e. The van der Waals surface area contributed by atoms with Crippen LogP contribution in [0.4, 0.5) is 10.1 Å². The van der Waals surface area contributed by atoms with E-state index in [1.807, 2.05) is 18.2 Å². The number of guanidine groups is 1. The Morgan fingerprint density at radius 3 is 2.44 bits per heavy atom. The lowest BCUT2D eigenvalue weighted by molar-refractivity contribution is 0.353. The van der Waals surface area contributed by atoms with Crippen LogP contribution < -0.4 is 25.0 Å². The molecular formula is C25H35FN4O2. The van der Waals surface area contributed by atoms with E-state index in [0.717, 1.165) is 54.6 Å². The number of halogens is 1. The Hall–Kier alpha value is -2.96. The number of piperidine rings is 1. The van der Waals surface area contributed by atoms with Crippen LogP contribution in [0.3, 0.4) is 0 Å². The molecule has 2 aromatic rings. The largest absolute Gasteiger partial charge is 0.493 e. The maximum Gasteiger partial charge on any atom is 0.191 e. The molecule has 0 bridgehead atoms. The molecule has 2 aromatic carbocycles. The maximum atomic E-state index is 13.5. The zero-order valence-corrected chi connectivity index (χ0v) is 19.7. The minimum absolute atomic E-state index is 0.141. The Morgan fingerprint density at radius 1 is 1.09 bits per heavy atom. The molecule has 0 unspecified atom stereocenters. The summed E-state index contributed by atoms with van der Waals surface area (Å²) in [6, 6.07) is 13.2. The Morgan fingerprint density at radius 2 is 1.81 bits per heavy atom. The SMILES string of the molecule is CN=C(NCC(C)(C)c1ccc(OC)c(OC)c1)NC1CCN(c2cccc(F)c2)CC1. The number of benzene rings is 2. The predicted octanol–water partition coefficient (Wildman–Crippen LogP) is 3.95. The molecule has 0 saturated carbocycles. The van der Waals surface area contributed by atoms with Crippen molar-refractivity contribution < 1.29 is 13.9 Å². The van der Waals surface area contributed by atoms with Gasteiger partial charge in [0.2, 0.25) is 0 Å². The van der Waals surface area contributed by atoms with Crippen LogP contribution in [-0.4, -0.2) is 52.9 Å². The summed E-state index contributed by atoms with van der Waals surface area (Å²) in [7, 11) is 5.08. The molecule has 1 heterocycles. The van der Waals surface area contributed by atoms with E-state index in [9.17, 15) is 4.39 Å². The second-order valence-electron chi connectivity index (χ2n) is 8.76. The molecule has 1 aliphatic heterocycles. The van der Waals surface area contributed by atoms with Crippen LogP contribution in [0.5, 0.6) is 11.5 Å². The minimum Gasteiger partial charge on any atom is -0.493 e. The van der Waals surface area contributed by atoms with Crippen molar-refractivity contribution in [3.05, 3.63) is 53.8 Å². The molecule has 7 heteroatoms. The van der Waals surface area contributed by atoms with Gasteiger partial charge in [0, 0.05) is 43.8 Å². The van der Waals surface area contributed by atoms with Crippen LogP contribution >= 0.6 is 0 Å². The number of anilines is 1. The average molecular weight is 443 g/mol. The summed E-state index contributed by atoms with van der Waals surface area (Å²) in [5.74, 6) is 2.06. The topological polar surface area (TPSA) is 58.1 Å². The van der Waals surface area contributed by atoms with Gasteiger partial charge < -0.3 is 25.0 Å². The Kier molecular flexibility index (Phi) is 7.83. The van der Waals surface area contributed by atoms with Crippen molar-refractivity contribution in [2.75, 3.05) is 45.8 Å². The lowest BCUT2D eigenvalue weighted by Gasteiger charge is -2.35. The minimum atomic E-state index is -0.190. The Labute approximate surface area is 190 Å². The van der Waals surface area contributed by atoms with Crippen molar-refractivity contribution in [2.45, 2.75) is 38.1 Å². The molecule has 0 aliphatic carbocycles. The fourth-order valence-electron chi connectivity index (χ4n) is 4.01. The van der Waals surface area contributed by atoms with Crippen LogP contribution in [0.25, 0.3) is 0 Å². The molecule has 0 atom stereocenters. The van der Waals surface area contributed by atoms with Crippen molar-refractivity contribution in [3.8, 4) is 11.5 Å². The van der Waals surface area contributed by atoms with E-state index in [2.05, 4.69) is 40.4 Å². The lowest BCUT2D eigenvalue weighted by atomic mass is 9.84. The third kappa shape index (κ3) is 5.84. The number of nitrogens with one attached hydrogen (secondary N) is 2. The van der Waals surface area contributed by atoms with E-state index in [1.165, 1.54) is 6.07 Å². The van der Waals surface area contributed by atoms with Gasteiger partial charge >= 0.3 is 0 Å². The fourth-order valence-corrected chi connectivity index (χ4v) is 4.01. The number of hydrogen-bond donors (Lipinski definition) is 2. The van der Waals surface area contributed by atoms with Crippen molar-refractivity contribution >= 4 is 11.6 Å². The van der Waals surface area contributed by atoms with Gasteiger partial charge in [0.15, 0.2) is 17.5 Å². The van der Waals surface area contributed by atoms with Gasteiger partial charge in [0.1, 0.15) is 5.82 Å². The highest BCUT2D eigenvalue weighted by Gasteiger charge is 2.24. The van der Waals surface area contributed by atoms with Gasteiger partial charge in [-0.3, -0.25) is 4.99 Å². The number of aliphatic imine (C=N–C) groups is 1. The third-order valence-electron chi connectivity index (χ3n) is 6.10. The highest BCUT2D eigenvalue weighted by Crippen LogP contribution is 2.33. The van der Waals surface area contributed by atoms with E-state index in [4.69, 9.17) is 9.47 Å². The second kappa shape index (κ2) is 10.6. The molecule has 6 nitrogen and oxygen atoms in total. The summed E-state index contributed by atoms with van der Waals surface area (Å²) in [5, 5.41) is 7.02. The first-order valence-electron chi connectivity index (χ1n) is 11.1. The predicted molar refractivity (Wildman–Crippen MR) is 129 cm³/mol. The van der Waals surface area contributed by atoms with E-state index in [-0.39, 0.29) is 11.2 Å². The van der Waals surface area contributed by atoms with Crippen molar-refractivity contribution in [1.82, 2.24) is 10.6 Å². The fraction of sp³-hybridized carbons (Fsp3) is 0.480. The molecular weight excluding hydrogens is 407 g/mol. The monoisotopic (exact) mass is 442 g/mol. The molecule has 0 spiro atoms. The Bertz CT molecular complexity index is 924. The van der Waals surface area contributed by atoms with Gasteiger partial charge in [-0.15, -0.1) is 0 Å². The highest BCUT2D eigenvalue weighted by molar-refractivity contribution is 5.80. The van der Waals surface area contributed by atoms with Gasteiger partial charge in [-0.05, 0) is 48.7 Å². The number of ether oxygens (including phenoxy) is 2. The summed E-state index contributed by atoms with van der Waals surface area (Å²) in [5.41, 5.74) is 1.96. The van der Waals surface area contributed by atoms with E-state index < -0.39 is 0 Å². The lowest BCUT2D eigenvalue weighted by Crippen LogP contribution is -2.50. The van der Waals surface area contributed by atoms with E-state index >= 15 is 0 Å². The molecule has 1 saturated heterocycles. The third-order valence-corrected chi connectivity index (χ3v) is 6.10. The second-order valence-corrected chi connectivity index (χ2v) is 8.76. The summed E-state index contributed by atoms with van der Waals surface area (Å²) < 4.78 is 24.3. The van der Waals surface area contributed by atoms with Crippen LogP contribution in [-0.2, 0) is 5.41 Å². The first-order chi connectivity index (χ1) is 15.4. The molecule has 32 heavy (non-hydrogen) atoms. The van der Waals surface area contributed by atoms with Crippen LogP contribution in [0.2, 0.25) is 0 Å². The van der Waals surface area contributed by atoms with Gasteiger partial charge in [0.25, 0.3) is 0 Å². The highest BCUT2D eigenvalue weighted by atomic mass is 19.1. The first-order valence-corrected chi connectivity index (χ1v) is 11.1. The summed E-state index contributed by atoms with van der Waals surface area (Å²) in [6.07, 6.45) is 1.94. The molecule has 0 aromatic heterocycles. The zero-order chi connectivity index (χ0) is 23.1. The molecule has 0 amide bonds. The van der Waals surface area contributed by atoms with Crippen LogP contribution in [0, 0.1) is 5.82 Å². The number of rotatable bonds is 7. The normalized spacial score (nSPS) is 15.4. The zero-order valence-electron chi connectivity index (χ0n) is 19.7. The maximum absolute atomic E-state index is 13.5. The molecule has 1 fully saturated rings. The van der Waals surface area contributed by atoms with Crippen molar-refractivity contribution in [2.24, 2.45) is 4.99 Å². The summed E-state index contributed by atoms with van der Waals surface area (Å²) >= 11 is 0. The van der Waals surface area contributed by atoms with Crippen molar-refractivity contribution in [3.63, 3.8) is 0 Å². The van der Waals surface area contributed by atoms with Crippen LogP contribution in [0.15, 0.2) is 47.5 Å². The molecule has 0 radical (unpaired) electrons. The molecule has 174 valence electrons. The first kappa shape index (κ1) is 23.7.